The Morgan fingerprint density at radius 1 is 1.15 bits per heavy atom. The number of nitrogens with zero attached hydrogens (tertiary/aromatic N) is 2. The second-order valence-corrected chi connectivity index (χ2v) is 7.14. The van der Waals surface area contributed by atoms with Gasteiger partial charge in [-0.25, -0.2) is 0 Å². The third-order valence-corrected chi connectivity index (χ3v) is 4.98. The maximum absolute atomic E-state index is 12.7. The van der Waals surface area contributed by atoms with E-state index < -0.39 is 0 Å². The molecule has 2 aromatic heterocycles. The Hall–Kier alpha value is -2.66. The van der Waals surface area contributed by atoms with Crippen molar-refractivity contribution in [1.82, 2.24) is 9.88 Å². The molecule has 2 heterocycles. The van der Waals surface area contributed by atoms with E-state index in [4.69, 9.17) is 4.74 Å². The molecule has 0 saturated heterocycles. The summed E-state index contributed by atoms with van der Waals surface area (Å²) in [5.41, 5.74) is 2.18. The van der Waals surface area contributed by atoms with Crippen LogP contribution in [0, 0.1) is 6.92 Å². The average molecular weight is 366 g/mol. The topological polar surface area (TPSA) is 42.4 Å². The Kier molecular flexibility index (Phi) is 6.39. The van der Waals surface area contributed by atoms with Gasteiger partial charge in [0.15, 0.2) is 6.61 Å². The summed E-state index contributed by atoms with van der Waals surface area (Å²) in [5.74, 6) is 0.689. The zero-order chi connectivity index (χ0) is 18.2. The van der Waals surface area contributed by atoms with Gasteiger partial charge in [-0.15, -0.1) is 11.3 Å². The highest BCUT2D eigenvalue weighted by molar-refractivity contribution is 7.09. The Balaban J connectivity index is 1.62. The van der Waals surface area contributed by atoms with Gasteiger partial charge in [-0.2, -0.15) is 0 Å². The zero-order valence-corrected chi connectivity index (χ0v) is 15.6. The SMILES string of the molecule is Cc1ccc(OCC(=O)N(CCc2cccs2)Cc2cccnc2)cc1. The summed E-state index contributed by atoms with van der Waals surface area (Å²) in [6, 6.07) is 15.7. The van der Waals surface area contributed by atoms with Gasteiger partial charge in [0.1, 0.15) is 5.75 Å². The first-order valence-electron chi connectivity index (χ1n) is 8.59. The van der Waals surface area contributed by atoms with E-state index in [9.17, 15) is 4.79 Å². The summed E-state index contributed by atoms with van der Waals surface area (Å²) in [6.45, 7) is 3.25. The molecule has 0 bridgehead atoms. The number of aryl methyl sites for hydroxylation is 1. The van der Waals surface area contributed by atoms with Crippen molar-refractivity contribution in [1.29, 1.82) is 0 Å². The van der Waals surface area contributed by atoms with Crippen LogP contribution < -0.4 is 4.74 Å². The lowest BCUT2D eigenvalue weighted by atomic mass is 10.2. The van der Waals surface area contributed by atoms with Crippen molar-refractivity contribution in [2.75, 3.05) is 13.2 Å². The van der Waals surface area contributed by atoms with Crippen LogP contribution in [0.3, 0.4) is 0 Å². The number of amides is 1. The summed E-state index contributed by atoms with van der Waals surface area (Å²) in [4.78, 5) is 20.0. The molecular formula is C21H22N2O2S. The predicted molar refractivity (Wildman–Crippen MR) is 104 cm³/mol. The van der Waals surface area contributed by atoms with Gasteiger partial charge in [0, 0.05) is 30.4 Å². The molecule has 0 aliphatic heterocycles. The Morgan fingerprint density at radius 2 is 2.00 bits per heavy atom. The molecule has 0 fully saturated rings. The van der Waals surface area contributed by atoms with Crippen molar-refractivity contribution < 1.29 is 9.53 Å². The molecule has 0 unspecified atom stereocenters. The highest BCUT2D eigenvalue weighted by Crippen LogP contribution is 2.14. The van der Waals surface area contributed by atoms with Crippen molar-refractivity contribution in [2.45, 2.75) is 19.9 Å². The fourth-order valence-electron chi connectivity index (χ4n) is 2.57. The summed E-state index contributed by atoms with van der Waals surface area (Å²) in [7, 11) is 0. The minimum absolute atomic E-state index is 0.0222. The largest absolute Gasteiger partial charge is 0.484 e. The highest BCUT2D eigenvalue weighted by atomic mass is 32.1. The van der Waals surface area contributed by atoms with Crippen LogP contribution in [0.5, 0.6) is 5.75 Å². The third-order valence-electron chi connectivity index (χ3n) is 4.04. The monoisotopic (exact) mass is 366 g/mol. The van der Waals surface area contributed by atoms with Crippen molar-refractivity contribution in [3.05, 3.63) is 82.3 Å². The van der Waals surface area contributed by atoms with Crippen LogP contribution in [-0.4, -0.2) is 28.9 Å². The molecule has 0 N–H and O–H groups in total. The first-order chi connectivity index (χ1) is 12.7. The van der Waals surface area contributed by atoms with Crippen LogP contribution in [0.2, 0.25) is 0 Å². The van der Waals surface area contributed by atoms with Crippen LogP contribution in [0.4, 0.5) is 0 Å². The molecule has 1 amide bonds. The number of thiophene rings is 1. The number of carbonyl (C=O) groups is 1. The Bertz CT molecular complexity index is 802. The van der Waals surface area contributed by atoms with Gasteiger partial charge in [0.25, 0.3) is 5.91 Å². The highest BCUT2D eigenvalue weighted by Gasteiger charge is 2.15. The first-order valence-corrected chi connectivity index (χ1v) is 9.47. The number of hydrogen-bond acceptors (Lipinski definition) is 4. The number of hydrogen-bond donors (Lipinski definition) is 0. The molecule has 0 atom stereocenters. The van der Waals surface area contributed by atoms with Crippen LogP contribution in [0.1, 0.15) is 16.0 Å². The molecule has 5 heteroatoms. The molecule has 3 rings (SSSR count). The lowest BCUT2D eigenvalue weighted by molar-refractivity contribution is -0.134. The normalized spacial score (nSPS) is 10.5. The Morgan fingerprint density at radius 3 is 2.69 bits per heavy atom. The predicted octanol–water partition coefficient (Wildman–Crippen LogP) is 4.10. The molecule has 0 spiro atoms. The minimum Gasteiger partial charge on any atom is -0.484 e. The van der Waals surface area contributed by atoms with Crippen molar-refractivity contribution in [3.63, 3.8) is 0 Å². The zero-order valence-electron chi connectivity index (χ0n) is 14.8. The van der Waals surface area contributed by atoms with Crippen LogP contribution in [-0.2, 0) is 17.8 Å². The summed E-state index contributed by atoms with van der Waals surface area (Å²) >= 11 is 1.71. The Labute approximate surface area is 158 Å². The second-order valence-electron chi connectivity index (χ2n) is 6.11. The van der Waals surface area contributed by atoms with E-state index in [0.717, 1.165) is 17.5 Å². The van der Waals surface area contributed by atoms with Crippen LogP contribution in [0.15, 0.2) is 66.3 Å². The lowest BCUT2D eigenvalue weighted by Gasteiger charge is -2.22. The molecule has 3 aromatic rings. The molecule has 26 heavy (non-hydrogen) atoms. The molecule has 1 aromatic carbocycles. The molecule has 0 saturated carbocycles. The molecule has 4 nitrogen and oxygen atoms in total. The van der Waals surface area contributed by atoms with E-state index in [0.29, 0.717) is 18.8 Å². The number of rotatable bonds is 8. The number of ether oxygens (including phenoxy) is 1. The van der Waals surface area contributed by atoms with Gasteiger partial charge in [-0.1, -0.05) is 29.8 Å². The number of pyridine rings is 1. The molecule has 134 valence electrons. The maximum Gasteiger partial charge on any atom is 0.260 e. The first kappa shape index (κ1) is 18.1. The van der Waals surface area contributed by atoms with Crippen LogP contribution in [0.25, 0.3) is 0 Å². The van der Waals surface area contributed by atoms with E-state index in [-0.39, 0.29) is 12.5 Å². The quantitative estimate of drug-likeness (QED) is 0.603. The van der Waals surface area contributed by atoms with E-state index >= 15 is 0 Å². The van der Waals surface area contributed by atoms with Crippen molar-refractivity contribution in [2.24, 2.45) is 0 Å². The minimum atomic E-state index is -0.0222. The number of aromatic nitrogens is 1. The van der Waals surface area contributed by atoms with Gasteiger partial charge in [0.05, 0.1) is 0 Å². The average Bonchev–Trinajstić information content (AvgIpc) is 3.19. The van der Waals surface area contributed by atoms with Crippen molar-refractivity contribution in [3.8, 4) is 5.75 Å². The fraction of sp³-hybridized carbons (Fsp3) is 0.238. The maximum atomic E-state index is 12.7. The number of benzene rings is 1. The molecular weight excluding hydrogens is 344 g/mol. The summed E-state index contributed by atoms with van der Waals surface area (Å²) in [6.07, 6.45) is 4.38. The molecule has 0 radical (unpaired) electrons. The number of carbonyl (C=O) groups excluding carboxylic acids is 1. The molecule has 0 aliphatic rings. The summed E-state index contributed by atoms with van der Waals surface area (Å²) in [5, 5.41) is 2.06. The van der Waals surface area contributed by atoms with Gasteiger partial charge >= 0.3 is 0 Å². The second kappa shape index (κ2) is 9.15. The van der Waals surface area contributed by atoms with E-state index in [1.807, 2.05) is 54.3 Å². The van der Waals surface area contributed by atoms with Gasteiger partial charge in [-0.3, -0.25) is 9.78 Å². The van der Waals surface area contributed by atoms with Crippen LogP contribution >= 0.6 is 11.3 Å². The smallest absolute Gasteiger partial charge is 0.260 e. The lowest BCUT2D eigenvalue weighted by Crippen LogP contribution is -2.36. The van der Waals surface area contributed by atoms with E-state index in [2.05, 4.69) is 16.4 Å². The van der Waals surface area contributed by atoms with Crippen molar-refractivity contribution >= 4 is 17.2 Å². The standard InChI is InChI=1S/C21H22N2O2S/c1-17-6-8-19(9-7-17)25-16-21(24)23(12-10-20-5-3-13-26-20)15-18-4-2-11-22-14-18/h2-9,11,13-14H,10,12,15-16H2,1H3. The van der Waals surface area contributed by atoms with Gasteiger partial charge in [-0.05, 0) is 48.6 Å². The molecule has 0 aliphatic carbocycles. The van der Waals surface area contributed by atoms with E-state index in [1.54, 1.807) is 23.7 Å². The third kappa shape index (κ3) is 5.43. The van der Waals surface area contributed by atoms with Gasteiger partial charge in [0.2, 0.25) is 0 Å². The summed E-state index contributed by atoms with van der Waals surface area (Å²) < 4.78 is 5.67. The fourth-order valence-corrected chi connectivity index (χ4v) is 3.27. The van der Waals surface area contributed by atoms with Gasteiger partial charge < -0.3 is 9.64 Å². The van der Waals surface area contributed by atoms with E-state index in [1.165, 1.54) is 4.88 Å².